The number of halogens is 1. The molecule has 27 heavy (non-hydrogen) atoms. The first kappa shape index (κ1) is 16.8. The second-order valence-electron chi connectivity index (χ2n) is 7.02. The second kappa shape index (κ2) is 6.39. The minimum Gasteiger partial charge on any atom is -0.478 e. The summed E-state index contributed by atoms with van der Waals surface area (Å²) >= 11 is 3.45. The minimum absolute atomic E-state index is 0.171. The number of ether oxygens (including phenoxy) is 2. The van der Waals surface area contributed by atoms with Crippen LogP contribution in [0.25, 0.3) is 11.0 Å². The van der Waals surface area contributed by atoms with Crippen molar-refractivity contribution in [2.45, 2.75) is 32.4 Å². The Bertz CT molecular complexity index is 1100. The Morgan fingerprint density at radius 3 is 2.78 bits per heavy atom. The molecule has 0 amide bonds. The Hall–Kier alpha value is -2.31. The first-order chi connectivity index (χ1) is 13.1. The van der Waals surface area contributed by atoms with Gasteiger partial charge in [-0.05, 0) is 60.0 Å². The topological polar surface area (TPSA) is 51.9 Å². The Kier molecular flexibility index (Phi) is 3.98. The number of hydrogen-bond donors (Lipinski definition) is 0. The minimum atomic E-state index is -0.171. The van der Waals surface area contributed by atoms with Gasteiger partial charge in [0.05, 0.1) is 15.4 Å². The molecule has 2 aromatic carbocycles. The molecule has 2 aliphatic rings. The fourth-order valence-corrected chi connectivity index (χ4v) is 3.87. The maximum Gasteiger partial charge on any atom is 0.235 e. The predicted octanol–water partition coefficient (Wildman–Crippen LogP) is 4.97. The maximum absolute atomic E-state index is 13.1. The van der Waals surface area contributed by atoms with Crippen LogP contribution in [0.3, 0.4) is 0 Å². The monoisotopic (exact) mass is 427 g/mol. The maximum atomic E-state index is 13.1. The van der Waals surface area contributed by atoms with Gasteiger partial charge in [-0.25, -0.2) is 0 Å². The molecule has 6 heteroatoms. The van der Waals surface area contributed by atoms with Crippen molar-refractivity contribution >= 4 is 26.9 Å². The lowest BCUT2D eigenvalue weighted by atomic mass is 10.1. The molecule has 1 aliphatic heterocycles. The van der Waals surface area contributed by atoms with Crippen LogP contribution in [-0.4, -0.2) is 17.7 Å². The zero-order valence-electron chi connectivity index (χ0n) is 14.8. The molecule has 138 valence electrons. The average Bonchev–Trinajstić information content (AvgIpc) is 3.51. The number of hydrogen-bond acceptors (Lipinski definition) is 5. The molecular formula is C21H18BrNO4. The van der Waals surface area contributed by atoms with Crippen LogP contribution in [-0.2, 0) is 6.54 Å². The van der Waals surface area contributed by atoms with E-state index in [0.29, 0.717) is 35.3 Å². The molecule has 1 aliphatic carbocycles. The van der Waals surface area contributed by atoms with Gasteiger partial charge in [-0.2, -0.15) is 0 Å². The molecule has 2 heterocycles. The molecule has 3 aromatic rings. The highest BCUT2D eigenvalue weighted by molar-refractivity contribution is 9.10. The zero-order chi connectivity index (χ0) is 18.5. The van der Waals surface area contributed by atoms with Gasteiger partial charge in [0.25, 0.3) is 0 Å². The van der Waals surface area contributed by atoms with E-state index in [-0.39, 0.29) is 11.2 Å². The van der Waals surface area contributed by atoms with E-state index in [4.69, 9.17) is 13.9 Å². The van der Waals surface area contributed by atoms with E-state index in [0.717, 1.165) is 22.3 Å². The van der Waals surface area contributed by atoms with E-state index in [1.54, 1.807) is 19.1 Å². The molecule has 1 saturated carbocycles. The Morgan fingerprint density at radius 2 is 2.00 bits per heavy atom. The van der Waals surface area contributed by atoms with E-state index in [9.17, 15) is 4.79 Å². The summed E-state index contributed by atoms with van der Waals surface area (Å²) in [7, 11) is 0. The Labute approximate surface area is 164 Å². The average molecular weight is 428 g/mol. The third-order valence-electron chi connectivity index (χ3n) is 5.10. The smallest absolute Gasteiger partial charge is 0.235 e. The molecule has 0 saturated heterocycles. The van der Waals surface area contributed by atoms with Crippen molar-refractivity contribution in [2.75, 3.05) is 6.73 Å². The molecule has 1 aromatic heterocycles. The van der Waals surface area contributed by atoms with Crippen LogP contribution in [0.2, 0.25) is 0 Å². The van der Waals surface area contributed by atoms with Crippen molar-refractivity contribution in [3.05, 3.63) is 62.4 Å². The van der Waals surface area contributed by atoms with Crippen LogP contribution in [0.5, 0.6) is 17.2 Å². The number of rotatable bonds is 3. The van der Waals surface area contributed by atoms with E-state index in [1.165, 1.54) is 12.8 Å². The number of fused-ring (bicyclic) bond motifs is 3. The number of aryl methyl sites for hydroxylation is 1. The fraction of sp³-hybridized carbons (Fsp3) is 0.286. The summed E-state index contributed by atoms with van der Waals surface area (Å²) in [6, 6.07) is 11.6. The lowest BCUT2D eigenvalue weighted by Crippen LogP contribution is -2.33. The first-order valence-corrected chi connectivity index (χ1v) is 9.79. The van der Waals surface area contributed by atoms with Gasteiger partial charge < -0.3 is 13.9 Å². The van der Waals surface area contributed by atoms with Crippen LogP contribution in [0.1, 0.15) is 24.2 Å². The molecule has 5 nitrogen and oxygen atoms in total. The third-order valence-corrected chi connectivity index (χ3v) is 5.76. The van der Waals surface area contributed by atoms with Crippen molar-refractivity contribution < 1.29 is 13.9 Å². The van der Waals surface area contributed by atoms with Gasteiger partial charge >= 0.3 is 0 Å². The van der Waals surface area contributed by atoms with Crippen molar-refractivity contribution in [2.24, 2.45) is 0 Å². The van der Waals surface area contributed by atoms with Gasteiger partial charge in [0, 0.05) is 12.6 Å². The molecule has 0 unspecified atom stereocenters. The van der Waals surface area contributed by atoms with Gasteiger partial charge in [-0.3, -0.25) is 9.69 Å². The third kappa shape index (κ3) is 2.93. The SMILES string of the molecule is Cc1oc2c3c(ccc2c(=O)c1Oc1ccccc1Br)OCN(C1CC1)C3. The number of benzene rings is 2. The quantitative estimate of drug-likeness (QED) is 0.590. The van der Waals surface area contributed by atoms with Gasteiger partial charge in [0.1, 0.15) is 29.6 Å². The lowest BCUT2D eigenvalue weighted by Gasteiger charge is -2.29. The summed E-state index contributed by atoms with van der Waals surface area (Å²) < 4.78 is 18.7. The van der Waals surface area contributed by atoms with Crippen molar-refractivity contribution in [3.63, 3.8) is 0 Å². The van der Waals surface area contributed by atoms with Gasteiger partial charge in [-0.1, -0.05) is 12.1 Å². The van der Waals surface area contributed by atoms with Crippen LogP contribution in [0, 0.1) is 6.92 Å². The molecular weight excluding hydrogens is 410 g/mol. The van der Waals surface area contributed by atoms with Gasteiger partial charge in [-0.15, -0.1) is 0 Å². The summed E-state index contributed by atoms with van der Waals surface area (Å²) in [4.78, 5) is 15.4. The summed E-state index contributed by atoms with van der Waals surface area (Å²) in [6.07, 6.45) is 2.41. The standard InChI is InChI=1S/C21H18BrNO4/c1-12-20(27-18-5-3-2-4-16(18)22)19(24)14-8-9-17-15(21(14)26-12)10-23(11-25-17)13-6-7-13/h2-5,8-9,13H,6-7,10-11H2,1H3. The Balaban J connectivity index is 1.62. The largest absolute Gasteiger partial charge is 0.478 e. The molecule has 0 atom stereocenters. The first-order valence-electron chi connectivity index (χ1n) is 9.00. The highest BCUT2D eigenvalue weighted by Crippen LogP contribution is 2.38. The molecule has 0 bridgehead atoms. The predicted molar refractivity (Wildman–Crippen MR) is 105 cm³/mol. The summed E-state index contributed by atoms with van der Waals surface area (Å²) in [5.41, 5.74) is 1.37. The molecule has 5 rings (SSSR count). The summed E-state index contributed by atoms with van der Waals surface area (Å²) in [5.74, 6) is 2.04. The van der Waals surface area contributed by atoms with Crippen molar-refractivity contribution in [1.29, 1.82) is 0 Å². The number of nitrogens with zero attached hydrogens (tertiary/aromatic N) is 1. The second-order valence-corrected chi connectivity index (χ2v) is 7.87. The van der Waals surface area contributed by atoms with Crippen molar-refractivity contribution in [1.82, 2.24) is 4.90 Å². The van der Waals surface area contributed by atoms with Crippen molar-refractivity contribution in [3.8, 4) is 17.2 Å². The highest BCUT2D eigenvalue weighted by atomic mass is 79.9. The molecule has 1 fully saturated rings. The van der Waals surface area contributed by atoms with E-state index < -0.39 is 0 Å². The van der Waals surface area contributed by atoms with Crippen LogP contribution < -0.4 is 14.9 Å². The number of para-hydroxylation sites is 1. The van der Waals surface area contributed by atoms with E-state index in [2.05, 4.69) is 20.8 Å². The highest BCUT2D eigenvalue weighted by Gasteiger charge is 2.33. The van der Waals surface area contributed by atoms with Crippen LogP contribution in [0.4, 0.5) is 0 Å². The van der Waals surface area contributed by atoms with Gasteiger partial charge in [0.15, 0.2) is 0 Å². The van der Waals surface area contributed by atoms with E-state index in [1.807, 2.05) is 24.3 Å². The molecule has 0 radical (unpaired) electrons. The summed E-state index contributed by atoms with van der Waals surface area (Å²) in [6.45, 7) is 3.09. The fourth-order valence-electron chi connectivity index (χ4n) is 3.50. The van der Waals surface area contributed by atoms with Crippen LogP contribution in [0.15, 0.2) is 50.1 Å². The summed E-state index contributed by atoms with van der Waals surface area (Å²) in [5, 5.41) is 0.516. The lowest BCUT2D eigenvalue weighted by molar-refractivity contribution is 0.0885. The Morgan fingerprint density at radius 1 is 1.19 bits per heavy atom. The van der Waals surface area contributed by atoms with Gasteiger partial charge in [0.2, 0.25) is 11.2 Å². The zero-order valence-corrected chi connectivity index (χ0v) is 16.4. The van der Waals surface area contributed by atoms with E-state index >= 15 is 0 Å². The molecule has 0 spiro atoms. The normalized spacial score (nSPS) is 16.8. The molecule has 0 N–H and O–H groups in total. The van der Waals surface area contributed by atoms with Crippen LogP contribution >= 0.6 is 15.9 Å².